The molecule has 0 fully saturated rings. The van der Waals surface area contributed by atoms with Crippen molar-refractivity contribution in [3.8, 4) is 0 Å². The average Bonchev–Trinajstić information content (AvgIpc) is 2.48. The van der Waals surface area contributed by atoms with E-state index in [4.69, 9.17) is 16.4 Å². The number of nitrogens with zero attached hydrogens (tertiary/aromatic N) is 1. The van der Waals surface area contributed by atoms with Crippen LogP contribution in [-0.4, -0.2) is 18.7 Å². The van der Waals surface area contributed by atoms with E-state index in [0.29, 0.717) is 10.7 Å². The molecule has 0 aliphatic carbocycles. The van der Waals surface area contributed by atoms with Crippen LogP contribution in [0.15, 0.2) is 47.6 Å². The number of aryl methyl sites for hydroxylation is 2. The first-order valence-corrected chi connectivity index (χ1v) is 7.21. The summed E-state index contributed by atoms with van der Waals surface area (Å²) in [4.78, 5) is 16.8. The van der Waals surface area contributed by atoms with Crippen LogP contribution in [0.2, 0.25) is 5.02 Å². The van der Waals surface area contributed by atoms with Gasteiger partial charge in [0.05, 0.1) is 6.21 Å². The molecule has 0 atom stereocenters. The van der Waals surface area contributed by atoms with Crippen LogP contribution in [-0.2, 0) is 9.63 Å². The normalized spacial score (nSPS) is 10.7. The number of carbonyl (C=O) groups is 1. The Kier molecular flexibility index (Phi) is 5.55. The van der Waals surface area contributed by atoms with Crippen molar-refractivity contribution in [3.63, 3.8) is 0 Å². The SMILES string of the molecule is Cc1ccccc1/C=N\OCC(=O)Nc1ccc(Cl)cc1C. The Balaban J connectivity index is 1.84. The number of benzene rings is 2. The zero-order valence-corrected chi connectivity index (χ0v) is 13.2. The summed E-state index contributed by atoms with van der Waals surface area (Å²) in [6, 6.07) is 13.1. The van der Waals surface area contributed by atoms with Gasteiger partial charge in [-0.1, -0.05) is 41.0 Å². The van der Waals surface area contributed by atoms with Gasteiger partial charge in [-0.2, -0.15) is 0 Å². The highest BCUT2D eigenvalue weighted by atomic mass is 35.5. The van der Waals surface area contributed by atoms with Gasteiger partial charge in [-0.25, -0.2) is 0 Å². The van der Waals surface area contributed by atoms with Gasteiger partial charge < -0.3 is 10.2 Å². The maximum Gasteiger partial charge on any atom is 0.265 e. The van der Waals surface area contributed by atoms with Crippen molar-refractivity contribution in [2.45, 2.75) is 13.8 Å². The third-order valence-electron chi connectivity index (χ3n) is 3.11. The van der Waals surface area contributed by atoms with Gasteiger partial charge in [-0.05, 0) is 48.7 Å². The van der Waals surface area contributed by atoms with E-state index >= 15 is 0 Å². The fourth-order valence-corrected chi connectivity index (χ4v) is 2.10. The number of carbonyl (C=O) groups excluding carboxylic acids is 1. The van der Waals surface area contributed by atoms with Crippen LogP contribution in [0.4, 0.5) is 5.69 Å². The van der Waals surface area contributed by atoms with Crippen LogP contribution < -0.4 is 5.32 Å². The van der Waals surface area contributed by atoms with E-state index in [0.717, 1.165) is 16.7 Å². The van der Waals surface area contributed by atoms with Crippen molar-refractivity contribution < 1.29 is 9.63 Å². The highest BCUT2D eigenvalue weighted by Gasteiger charge is 2.05. The maximum absolute atomic E-state index is 11.8. The number of hydrogen-bond acceptors (Lipinski definition) is 3. The summed E-state index contributed by atoms with van der Waals surface area (Å²) in [5.41, 5.74) is 3.65. The van der Waals surface area contributed by atoms with Gasteiger partial charge in [0, 0.05) is 10.7 Å². The van der Waals surface area contributed by atoms with Crippen molar-refractivity contribution in [1.82, 2.24) is 0 Å². The van der Waals surface area contributed by atoms with Gasteiger partial charge in [-0.3, -0.25) is 4.79 Å². The van der Waals surface area contributed by atoms with E-state index < -0.39 is 0 Å². The maximum atomic E-state index is 11.8. The van der Waals surface area contributed by atoms with E-state index in [9.17, 15) is 4.79 Å². The minimum atomic E-state index is -0.271. The first-order valence-electron chi connectivity index (χ1n) is 6.83. The predicted molar refractivity (Wildman–Crippen MR) is 89.5 cm³/mol. The Morgan fingerprint density at radius 3 is 2.73 bits per heavy atom. The van der Waals surface area contributed by atoms with E-state index in [-0.39, 0.29) is 12.5 Å². The summed E-state index contributed by atoms with van der Waals surface area (Å²) < 4.78 is 0. The Labute approximate surface area is 134 Å². The monoisotopic (exact) mass is 316 g/mol. The molecule has 1 amide bonds. The summed E-state index contributed by atoms with van der Waals surface area (Å²) in [6.45, 7) is 3.71. The molecule has 0 bridgehead atoms. The number of anilines is 1. The highest BCUT2D eigenvalue weighted by Crippen LogP contribution is 2.19. The van der Waals surface area contributed by atoms with Gasteiger partial charge in [-0.15, -0.1) is 0 Å². The Morgan fingerprint density at radius 2 is 2.00 bits per heavy atom. The lowest BCUT2D eigenvalue weighted by Crippen LogP contribution is -2.17. The van der Waals surface area contributed by atoms with Crippen LogP contribution in [0.25, 0.3) is 0 Å². The molecule has 5 heteroatoms. The Bertz CT molecular complexity index is 699. The van der Waals surface area contributed by atoms with Crippen molar-refractivity contribution in [2.75, 3.05) is 11.9 Å². The molecular weight excluding hydrogens is 300 g/mol. The molecule has 4 nitrogen and oxygen atoms in total. The van der Waals surface area contributed by atoms with Crippen LogP contribution in [0.5, 0.6) is 0 Å². The second-order valence-corrected chi connectivity index (χ2v) is 5.31. The molecule has 2 rings (SSSR count). The molecule has 0 radical (unpaired) electrons. The zero-order chi connectivity index (χ0) is 15.9. The average molecular weight is 317 g/mol. The molecular formula is C17H17ClN2O2. The first-order chi connectivity index (χ1) is 10.6. The molecule has 0 unspecified atom stereocenters. The molecule has 0 aliphatic heterocycles. The molecule has 2 aromatic rings. The first kappa shape index (κ1) is 16.0. The molecule has 114 valence electrons. The van der Waals surface area contributed by atoms with Crippen LogP contribution in [0, 0.1) is 13.8 Å². The third-order valence-corrected chi connectivity index (χ3v) is 3.35. The Morgan fingerprint density at radius 1 is 1.23 bits per heavy atom. The fraction of sp³-hybridized carbons (Fsp3) is 0.176. The number of hydrogen-bond donors (Lipinski definition) is 1. The molecule has 0 aliphatic rings. The summed E-state index contributed by atoms with van der Waals surface area (Å²) in [7, 11) is 0. The van der Waals surface area contributed by atoms with Gasteiger partial charge in [0.1, 0.15) is 0 Å². The highest BCUT2D eigenvalue weighted by molar-refractivity contribution is 6.30. The molecule has 0 spiro atoms. The minimum Gasteiger partial charge on any atom is -0.386 e. The number of nitrogens with one attached hydrogen (secondary N) is 1. The van der Waals surface area contributed by atoms with E-state index in [1.807, 2.05) is 38.1 Å². The smallest absolute Gasteiger partial charge is 0.265 e. The topological polar surface area (TPSA) is 50.7 Å². The quantitative estimate of drug-likeness (QED) is 0.671. The standard InChI is InChI=1S/C17H17ClN2O2/c1-12-5-3-4-6-14(12)10-19-22-11-17(21)20-16-8-7-15(18)9-13(16)2/h3-10H,11H2,1-2H3,(H,20,21)/b19-10-. The number of oxime groups is 1. The van der Waals surface area contributed by atoms with Crippen molar-refractivity contribution in [2.24, 2.45) is 5.16 Å². The minimum absolute atomic E-state index is 0.148. The lowest BCUT2D eigenvalue weighted by Gasteiger charge is -2.07. The number of rotatable bonds is 5. The van der Waals surface area contributed by atoms with Gasteiger partial charge in [0.15, 0.2) is 6.61 Å². The molecule has 0 saturated carbocycles. The second-order valence-electron chi connectivity index (χ2n) is 4.87. The summed E-state index contributed by atoms with van der Waals surface area (Å²) in [5.74, 6) is -0.271. The van der Waals surface area contributed by atoms with Gasteiger partial charge in [0.2, 0.25) is 0 Å². The molecule has 0 aromatic heterocycles. The van der Waals surface area contributed by atoms with Gasteiger partial charge >= 0.3 is 0 Å². The molecule has 1 N–H and O–H groups in total. The summed E-state index contributed by atoms with van der Waals surface area (Å²) in [5, 5.41) is 7.20. The van der Waals surface area contributed by atoms with Crippen LogP contribution >= 0.6 is 11.6 Å². The second kappa shape index (κ2) is 7.61. The van der Waals surface area contributed by atoms with Gasteiger partial charge in [0.25, 0.3) is 5.91 Å². The lowest BCUT2D eigenvalue weighted by molar-refractivity contribution is -0.120. The van der Waals surface area contributed by atoms with Crippen LogP contribution in [0.1, 0.15) is 16.7 Å². The predicted octanol–water partition coefficient (Wildman–Crippen LogP) is 3.95. The number of amides is 1. The van der Waals surface area contributed by atoms with E-state index in [1.54, 1.807) is 24.4 Å². The summed E-state index contributed by atoms with van der Waals surface area (Å²) in [6.07, 6.45) is 1.59. The third kappa shape index (κ3) is 4.60. The largest absolute Gasteiger partial charge is 0.386 e. The van der Waals surface area contributed by atoms with E-state index in [1.165, 1.54) is 0 Å². The fourth-order valence-electron chi connectivity index (χ4n) is 1.88. The van der Waals surface area contributed by atoms with Crippen molar-refractivity contribution in [1.29, 1.82) is 0 Å². The molecule has 2 aromatic carbocycles. The summed E-state index contributed by atoms with van der Waals surface area (Å²) >= 11 is 5.87. The number of halogens is 1. The zero-order valence-electron chi connectivity index (χ0n) is 12.5. The molecule has 22 heavy (non-hydrogen) atoms. The molecule has 0 heterocycles. The van der Waals surface area contributed by atoms with Crippen LogP contribution in [0.3, 0.4) is 0 Å². The van der Waals surface area contributed by atoms with Crippen molar-refractivity contribution in [3.05, 3.63) is 64.2 Å². The molecule has 0 saturated heterocycles. The van der Waals surface area contributed by atoms with Crippen molar-refractivity contribution >= 4 is 29.4 Å². The van der Waals surface area contributed by atoms with E-state index in [2.05, 4.69) is 10.5 Å². The lowest BCUT2D eigenvalue weighted by atomic mass is 10.1. The Hall–Kier alpha value is -2.33.